The van der Waals surface area contributed by atoms with Crippen LogP contribution in [0.5, 0.6) is 0 Å². The fraction of sp³-hybridized carbons (Fsp3) is 0.294. The first kappa shape index (κ1) is 16.7. The maximum absolute atomic E-state index is 12.2. The molecule has 6 nitrogen and oxygen atoms in total. The van der Waals surface area contributed by atoms with E-state index >= 15 is 0 Å². The highest BCUT2D eigenvalue weighted by atomic mass is 79.9. The first-order valence-corrected chi connectivity index (χ1v) is 8.53. The molecule has 2 heterocycles. The topological polar surface area (TPSA) is 80.5 Å². The van der Waals surface area contributed by atoms with E-state index in [1.807, 2.05) is 12.1 Å². The molecular formula is C17H19BrN4O2. The molecule has 0 saturated carbocycles. The van der Waals surface area contributed by atoms with E-state index in [0.29, 0.717) is 17.8 Å². The van der Waals surface area contributed by atoms with Gasteiger partial charge in [0.05, 0.1) is 18.8 Å². The summed E-state index contributed by atoms with van der Waals surface area (Å²) in [6, 6.07) is 9.16. The molecule has 1 aromatic heterocycles. The zero-order chi connectivity index (χ0) is 16.9. The molecule has 3 N–H and O–H groups in total. The van der Waals surface area contributed by atoms with Crippen LogP contribution in [0.3, 0.4) is 0 Å². The van der Waals surface area contributed by atoms with E-state index in [4.69, 9.17) is 10.5 Å². The lowest BCUT2D eigenvalue weighted by atomic mass is 10.1. The van der Waals surface area contributed by atoms with Crippen molar-refractivity contribution < 1.29 is 9.53 Å². The molecule has 0 unspecified atom stereocenters. The molecule has 0 atom stereocenters. The second kappa shape index (κ2) is 7.63. The Kier molecular flexibility index (Phi) is 5.32. The Bertz CT molecular complexity index is 715. The standard InChI is InChI=1S/C17H19BrN4O2/c18-13-2-3-14(15(19)9-13)17(23)21-11-12-1-4-16(20-10-12)22-5-7-24-8-6-22/h1-4,9-10H,5-8,11,19H2,(H,21,23). The molecule has 2 aromatic rings. The number of nitrogen functional groups attached to an aromatic ring is 1. The zero-order valence-electron chi connectivity index (χ0n) is 13.2. The highest BCUT2D eigenvalue weighted by Crippen LogP contribution is 2.18. The van der Waals surface area contributed by atoms with Crippen molar-refractivity contribution >= 4 is 33.3 Å². The molecule has 1 aliphatic heterocycles. The largest absolute Gasteiger partial charge is 0.398 e. The zero-order valence-corrected chi connectivity index (χ0v) is 14.8. The van der Waals surface area contributed by atoms with Crippen LogP contribution in [0.1, 0.15) is 15.9 Å². The number of pyridine rings is 1. The van der Waals surface area contributed by atoms with Gasteiger partial charge >= 0.3 is 0 Å². The molecule has 1 aliphatic rings. The highest BCUT2D eigenvalue weighted by molar-refractivity contribution is 9.10. The quantitative estimate of drug-likeness (QED) is 0.782. The van der Waals surface area contributed by atoms with Gasteiger partial charge in [0, 0.05) is 36.0 Å². The fourth-order valence-electron chi connectivity index (χ4n) is 2.52. The van der Waals surface area contributed by atoms with Crippen LogP contribution < -0.4 is 16.0 Å². The van der Waals surface area contributed by atoms with Gasteiger partial charge in [0.2, 0.25) is 0 Å². The van der Waals surface area contributed by atoms with Crippen LogP contribution in [0.2, 0.25) is 0 Å². The van der Waals surface area contributed by atoms with Crippen LogP contribution in [0.15, 0.2) is 41.0 Å². The summed E-state index contributed by atoms with van der Waals surface area (Å²) in [6.45, 7) is 3.57. The molecule has 1 fully saturated rings. The Hall–Kier alpha value is -2.12. The maximum Gasteiger partial charge on any atom is 0.253 e. The maximum atomic E-state index is 12.2. The van der Waals surface area contributed by atoms with E-state index < -0.39 is 0 Å². The Morgan fingerprint density at radius 2 is 2.08 bits per heavy atom. The van der Waals surface area contributed by atoms with Gasteiger partial charge in [-0.15, -0.1) is 0 Å². The molecule has 126 valence electrons. The van der Waals surface area contributed by atoms with Crippen LogP contribution in [-0.4, -0.2) is 37.2 Å². The van der Waals surface area contributed by atoms with Gasteiger partial charge in [-0.3, -0.25) is 4.79 Å². The van der Waals surface area contributed by atoms with Crippen molar-refractivity contribution in [2.75, 3.05) is 36.9 Å². The molecular weight excluding hydrogens is 372 g/mol. The fourth-order valence-corrected chi connectivity index (χ4v) is 2.90. The third-order valence-corrected chi connectivity index (χ3v) is 4.35. The number of nitrogens with two attached hydrogens (primary N) is 1. The Labute approximate surface area is 149 Å². The van der Waals surface area contributed by atoms with Crippen LogP contribution in [0, 0.1) is 0 Å². The summed E-state index contributed by atoms with van der Waals surface area (Å²) in [4.78, 5) is 18.9. The Morgan fingerprint density at radius 1 is 1.29 bits per heavy atom. The normalized spacial score (nSPS) is 14.5. The number of nitrogens with zero attached hydrogens (tertiary/aromatic N) is 2. The first-order chi connectivity index (χ1) is 11.6. The minimum absolute atomic E-state index is 0.197. The van der Waals surface area contributed by atoms with E-state index in [0.717, 1.165) is 42.2 Å². The van der Waals surface area contributed by atoms with Crippen molar-refractivity contribution in [1.29, 1.82) is 0 Å². The average Bonchev–Trinajstić information content (AvgIpc) is 2.61. The van der Waals surface area contributed by atoms with Crippen molar-refractivity contribution in [1.82, 2.24) is 10.3 Å². The second-order valence-electron chi connectivity index (χ2n) is 5.54. The third-order valence-electron chi connectivity index (χ3n) is 3.86. The summed E-state index contributed by atoms with van der Waals surface area (Å²) in [6.07, 6.45) is 1.79. The number of amides is 1. The van der Waals surface area contributed by atoms with E-state index in [-0.39, 0.29) is 5.91 Å². The number of hydrogen-bond donors (Lipinski definition) is 2. The van der Waals surface area contributed by atoms with Crippen LogP contribution >= 0.6 is 15.9 Å². The molecule has 0 spiro atoms. The number of carbonyl (C=O) groups is 1. The summed E-state index contributed by atoms with van der Waals surface area (Å²) in [5, 5.41) is 2.87. The van der Waals surface area contributed by atoms with Gasteiger partial charge in [0.1, 0.15) is 5.82 Å². The van der Waals surface area contributed by atoms with Crippen molar-refractivity contribution in [3.05, 3.63) is 52.1 Å². The van der Waals surface area contributed by atoms with Gasteiger partial charge in [0.15, 0.2) is 0 Å². The lowest BCUT2D eigenvalue weighted by Gasteiger charge is -2.27. The smallest absolute Gasteiger partial charge is 0.253 e. The van der Waals surface area contributed by atoms with E-state index in [1.165, 1.54) is 0 Å². The molecule has 0 radical (unpaired) electrons. The van der Waals surface area contributed by atoms with E-state index in [1.54, 1.807) is 24.4 Å². The lowest BCUT2D eigenvalue weighted by Crippen LogP contribution is -2.36. The van der Waals surface area contributed by atoms with E-state index in [9.17, 15) is 4.79 Å². The number of aromatic nitrogens is 1. The molecule has 0 aliphatic carbocycles. The summed E-state index contributed by atoms with van der Waals surface area (Å²) in [5.41, 5.74) is 7.73. The van der Waals surface area contributed by atoms with Crippen molar-refractivity contribution in [2.45, 2.75) is 6.54 Å². The van der Waals surface area contributed by atoms with Gasteiger partial charge in [-0.05, 0) is 29.8 Å². The third kappa shape index (κ3) is 4.04. The average molecular weight is 391 g/mol. The number of benzene rings is 1. The lowest BCUT2D eigenvalue weighted by molar-refractivity contribution is 0.0951. The number of ether oxygens (including phenoxy) is 1. The predicted molar refractivity (Wildman–Crippen MR) is 97.0 cm³/mol. The number of nitrogens with one attached hydrogen (secondary N) is 1. The van der Waals surface area contributed by atoms with E-state index in [2.05, 4.69) is 31.1 Å². The minimum Gasteiger partial charge on any atom is -0.398 e. The van der Waals surface area contributed by atoms with Gasteiger partial charge in [-0.1, -0.05) is 22.0 Å². The van der Waals surface area contributed by atoms with Gasteiger partial charge in [-0.25, -0.2) is 4.98 Å². The summed E-state index contributed by atoms with van der Waals surface area (Å²) in [5.74, 6) is 0.739. The van der Waals surface area contributed by atoms with Crippen LogP contribution in [0.4, 0.5) is 11.5 Å². The number of halogens is 1. The minimum atomic E-state index is -0.197. The molecule has 1 saturated heterocycles. The number of morpholine rings is 1. The summed E-state index contributed by atoms with van der Waals surface area (Å²) in [7, 11) is 0. The molecule has 3 rings (SSSR count). The van der Waals surface area contributed by atoms with Crippen LogP contribution in [0.25, 0.3) is 0 Å². The molecule has 7 heteroatoms. The Balaban J connectivity index is 1.59. The van der Waals surface area contributed by atoms with Crippen LogP contribution in [-0.2, 0) is 11.3 Å². The van der Waals surface area contributed by atoms with Gasteiger partial charge < -0.3 is 20.7 Å². The molecule has 24 heavy (non-hydrogen) atoms. The number of anilines is 2. The number of carbonyl (C=O) groups excluding carboxylic acids is 1. The van der Waals surface area contributed by atoms with Gasteiger partial charge in [0.25, 0.3) is 5.91 Å². The monoisotopic (exact) mass is 390 g/mol. The molecule has 1 amide bonds. The molecule has 0 bridgehead atoms. The first-order valence-electron chi connectivity index (χ1n) is 7.74. The second-order valence-corrected chi connectivity index (χ2v) is 6.45. The number of hydrogen-bond acceptors (Lipinski definition) is 5. The molecule has 1 aromatic carbocycles. The predicted octanol–water partition coefficient (Wildman–Crippen LogP) is 2.19. The Morgan fingerprint density at radius 3 is 2.75 bits per heavy atom. The SMILES string of the molecule is Nc1cc(Br)ccc1C(=O)NCc1ccc(N2CCOCC2)nc1. The van der Waals surface area contributed by atoms with Gasteiger partial charge in [-0.2, -0.15) is 0 Å². The summed E-state index contributed by atoms with van der Waals surface area (Å²) >= 11 is 3.33. The number of rotatable bonds is 4. The van der Waals surface area contributed by atoms with Crippen molar-refractivity contribution in [3.8, 4) is 0 Å². The van der Waals surface area contributed by atoms with Crippen molar-refractivity contribution in [3.63, 3.8) is 0 Å². The summed E-state index contributed by atoms with van der Waals surface area (Å²) < 4.78 is 6.19. The van der Waals surface area contributed by atoms with Crippen molar-refractivity contribution in [2.24, 2.45) is 0 Å². The highest BCUT2D eigenvalue weighted by Gasteiger charge is 2.13.